The second-order valence-corrected chi connectivity index (χ2v) is 8.79. The van der Waals surface area contributed by atoms with E-state index in [9.17, 15) is 0 Å². The van der Waals surface area contributed by atoms with Crippen LogP contribution in [0, 0.1) is 0 Å². The number of hydrogen-bond donors (Lipinski definition) is 0. The third-order valence-corrected chi connectivity index (χ3v) is 7.12. The van der Waals surface area contributed by atoms with Crippen LogP contribution in [0.5, 0.6) is 5.75 Å². The fourth-order valence-corrected chi connectivity index (χ4v) is 5.72. The van der Waals surface area contributed by atoms with Crippen molar-refractivity contribution in [2.24, 2.45) is 4.99 Å². The lowest BCUT2D eigenvalue weighted by Crippen LogP contribution is -2.34. The predicted molar refractivity (Wildman–Crippen MR) is 129 cm³/mol. The first kappa shape index (κ1) is 18.5. The molecule has 0 saturated heterocycles. The van der Waals surface area contributed by atoms with E-state index in [2.05, 4.69) is 89.2 Å². The monoisotopic (exact) mass is 422 g/mol. The molecule has 2 heterocycles. The number of aryl methyl sites for hydroxylation is 1. The van der Waals surface area contributed by atoms with Crippen LogP contribution in [0.25, 0.3) is 11.4 Å². The SMILES string of the molecule is COc1ccc([C@H]2C3=C(N=C4SC=C(c5ccccc5)N42)c2ccccc2CC3)cc1. The molecule has 152 valence electrons. The number of aliphatic imine (C=N–C) groups is 1. The highest BCUT2D eigenvalue weighted by atomic mass is 32.2. The maximum absolute atomic E-state index is 5.42. The summed E-state index contributed by atoms with van der Waals surface area (Å²) < 4.78 is 5.42. The Morgan fingerprint density at radius 1 is 0.903 bits per heavy atom. The van der Waals surface area contributed by atoms with Crippen LogP contribution in [0.3, 0.4) is 0 Å². The number of rotatable bonds is 3. The van der Waals surface area contributed by atoms with Crippen molar-refractivity contribution < 1.29 is 4.74 Å². The van der Waals surface area contributed by atoms with Gasteiger partial charge < -0.3 is 9.64 Å². The highest BCUT2D eigenvalue weighted by Gasteiger charge is 2.40. The summed E-state index contributed by atoms with van der Waals surface area (Å²) in [4.78, 5) is 7.63. The third-order valence-electron chi connectivity index (χ3n) is 6.28. The van der Waals surface area contributed by atoms with Gasteiger partial charge in [-0.2, -0.15) is 0 Å². The lowest BCUT2D eigenvalue weighted by atomic mass is 9.82. The first-order valence-electron chi connectivity index (χ1n) is 10.6. The Bertz CT molecular complexity index is 1240. The molecule has 0 radical (unpaired) electrons. The van der Waals surface area contributed by atoms with Crippen molar-refractivity contribution in [3.63, 3.8) is 0 Å². The number of methoxy groups -OCH3 is 1. The van der Waals surface area contributed by atoms with Crippen molar-refractivity contribution in [3.05, 3.63) is 112 Å². The van der Waals surface area contributed by atoms with E-state index in [4.69, 9.17) is 9.73 Å². The van der Waals surface area contributed by atoms with E-state index in [1.54, 1.807) is 18.9 Å². The fraction of sp³-hybridized carbons (Fsp3) is 0.148. The standard InChI is InChI=1S/C27H22N2OS/c1-30-21-14-11-20(12-15-21)26-23-16-13-18-7-5-6-10-22(18)25(23)28-27-29(26)24(17-31-27)19-8-3-2-4-9-19/h2-12,14-15,17,26H,13,16H2,1H3/t26-/m0/s1. The van der Waals surface area contributed by atoms with Gasteiger partial charge in [-0.05, 0) is 47.2 Å². The van der Waals surface area contributed by atoms with Crippen molar-refractivity contribution in [2.75, 3.05) is 7.11 Å². The van der Waals surface area contributed by atoms with Gasteiger partial charge >= 0.3 is 0 Å². The van der Waals surface area contributed by atoms with Gasteiger partial charge in [0, 0.05) is 11.0 Å². The van der Waals surface area contributed by atoms with Crippen LogP contribution in [-0.4, -0.2) is 17.2 Å². The molecule has 1 aliphatic carbocycles. The average Bonchev–Trinajstić information content (AvgIpc) is 3.27. The molecule has 3 aromatic rings. The van der Waals surface area contributed by atoms with E-state index in [-0.39, 0.29) is 6.04 Å². The quantitative estimate of drug-likeness (QED) is 0.481. The summed E-state index contributed by atoms with van der Waals surface area (Å²) in [7, 11) is 1.71. The molecule has 2 aliphatic heterocycles. The summed E-state index contributed by atoms with van der Waals surface area (Å²) in [6.45, 7) is 0. The minimum atomic E-state index is 0.128. The minimum absolute atomic E-state index is 0.128. The predicted octanol–water partition coefficient (Wildman–Crippen LogP) is 6.51. The smallest absolute Gasteiger partial charge is 0.174 e. The van der Waals surface area contributed by atoms with Crippen molar-refractivity contribution in [1.82, 2.24) is 4.90 Å². The van der Waals surface area contributed by atoms with Crippen molar-refractivity contribution in [1.29, 1.82) is 0 Å². The van der Waals surface area contributed by atoms with E-state index in [0.29, 0.717) is 0 Å². The maximum atomic E-state index is 5.42. The molecule has 0 saturated carbocycles. The Morgan fingerprint density at radius 2 is 1.68 bits per heavy atom. The molecule has 0 N–H and O–H groups in total. The Balaban J connectivity index is 1.53. The molecule has 6 rings (SSSR count). The van der Waals surface area contributed by atoms with Crippen LogP contribution >= 0.6 is 11.8 Å². The molecule has 0 aromatic heterocycles. The van der Waals surface area contributed by atoms with Gasteiger partial charge in [-0.15, -0.1) is 0 Å². The number of fused-ring (bicyclic) bond motifs is 3. The normalized spacial score (nSPS) is 19.3. The van der Waals surface area contributed by atoms with E-state index in [0.717, 1.165) is 29.5 Å². The molecule has 0 bridgehead atoms. The third kappa shape index (κ3) is 3.02. The summed E-state index contributed by atoms with van der Waals surface area (Å²) in [6, 6.07) is 28.0. The van der Waals surface area contributed by atoms with E-state index in [1.807, 2.05) is 0 Å². The average molecular weight is 423 g/mol. The highest BCUT2D eigenvalue weighted by Crippen LogP contribution is 2.51. The molecule has 1 atom stereocenters. The first-order valence-corrected chi connectivity index (χ1v) is 11.5. The van der Waals surface area contributed by atoms with Gasteiger partial charge in [-0.25, -0.2) is 4.99 Å². The van der Waals surface area contributed by atoms with Gasteiger partial charge in [0.25, 0.3) is 0 Å². The fourth-order valence-electron chi connectivity index (χ4n) is 4.79. The van der Waals surface area contributed by atoms with Crippen LogP contribution in [-0.2, 0) is 6.42 Å². The maximum Gasteiger partial charge on any atom is 0.174 e. The largest absolute Gasteiger partial charge is 0.497 e. The first-order chi connectivity index (χ1) is 15.3. The van der Waals surface area contributed by atoms with Crippen LogP contribution < -0.4 is 4.74 Å². The van der Waals surface area contributed by atoms with Crippen molar-refractivity contribution in [3.8, 4) is 5.75 Å². The van der Waals surface area contributed by atoms with Gasteiger partial charge in [-0.1, -0.05) is 78.5 Å². The lowest BCUT2D eigenvalue weighted by molar-refractivity contribution is 0.413. The van der Waals surface area contributed by atoms with Gasteiger partial charge in [-0.3, -0.25) is 0 Å². The van der Waals surface area contributed by atoms with Crippen molar-refractivity contribution in [2.45, 2.75) is 18.9 Å². The molecule has 0 spiro atoms. The summed E-state index contributed by atoms with van der Waals surface area (Å²) >= 11 is 1.72. The highest BCUT2D eigenvalue weighted by molar-refractivity contribution is 8.16. The Kier molecular flexibility index (Phi) is 4.46. The van der Waals surface area contributed by atoms with Gasteiger partial charge in [0.2, 0.25) is 0 Å². The number of benzene rings is 3. The molecule has 31 heavy (non-hydrogen) atoms. The molecule has 0 amide bonds. The number of ether oxygens (including phenoxy) is 1. The Morgan fingerprint density at radius 3 is 2.48 bits per heavy atom. The van der Waals surface area contributed by atoms with Gasteiger partial charge in [0.05, 0.1) is 24.5 Å². The summed E-state index contributed by atoms with van der Waals surface area (Å²) in [5.74, 6) is 0.881. The molecular weight excluding hydrogens is 400 g/mol. The number of nitrogens with zero attached hydrogens (tertiary/aromatic N) is 2. The zero-order valence-corrected chi connectivity index (χ0v) is 18.1. The molecule has 3 aromatic carbocycles. The lowest BCUT2D eigenvalue weighted by Gasteiger charge is -2.39. The molecule has 3 aliphatic rings. The topological polar surface area (TPSA) is 24.8 Å². The van der Waals surface area contributed by atoms with Crippen molar-refractivity contribution >= 4 is 28.3 Å². The Labute approximate surface area is 186 Å². The second kappa shape index (κ2) is 7.47. The molecular formula is C27H22N2OS. The van der Waals surface area contributed by atoms with Gasteiger partial charge in [0.15, 0.2) is 5.17 Å². The van der Waals surface area contributed by atoms with Crippen LogP contribution in [0.1, 0.15) is 34.7 Å². The van der Waals surface area contributed by atoms with Gasteiger partial charge in [0.1, 0.15) is 5.75 Å². The summed E-state index contributed by atoms with van der Waals surface area (Å²) in [5, 5.41) is 3.30. The van der Waals surface area contributed by atoms with E-state index >= 15 is 0 Å². The minimum Gasteiger partial charge on any atom is -0.497 e. The summed E-state index contributed by atoms with van der Waals surface area (Å²) in [6.07, 6.45) is 2.07. The number of thioether (sulfide) groups is 1. The second-order valence-electron chi connectivity index (χ2n) is 7.96. The molecule has 3 nitrogen and oxygen atoms in total. The Hall–Kier alpha value is -3.24. The van der Waals surface area contributed by atoms with Crippen LogP contribution in [0.15, 0.2) is 94.8 Å². The molecule has 4 heteroatoms. The molecule has 0 unspecified atom stereocenters. The van der Waals surface area contributed by atoms with E-state index < -0.39 is 0 Å². The van der Waals surface area contributed by atoms with Crippen LogP contribution in [0.4, 0.5) is 0 Å². The van der Waals surface area contributed by atoms with Crippen LogP contribution in [0.2, 0.25) is 0 Å². The zero-order chi connectivity index (χ0) is 20.8. The zero-order valence-electron chi connectivity index (χ0n) is 17.3. The number of hydrogen-bond acceptors (Lipinski definition) is 4. The summed E-state index contributed by atoms with van der Waals surface area (Å²) in [5.41, 5.74) is 8.94. The number of amidine groups is 1. The van der Waals surface area contributed by atoms with E-state index in [1.165, 1.54) is 33.5 Å². The molecule has 0 fully saturated rings.